The van der Waals surface area contributed by atoms with Gasteiger partial charge in [-0.3, -0.25) is 4.79 Å². The first-order valence-corrected chi connectivity index (χ1v) is 8.23. The maximum absolute atomic E-state index is 13.0. The van der Waals surface area contributed by atoms with Crippen molar-refractivity contribution >= 4 is 5.91 Å². The van der Waals surface area contributed by atoms with Gasteiger partial charge in [-0.05, 0) is 24.5 Å². The van der Waals surface area contributed by atoms with Crippen LogP contribution in [0.2, 0.25) is 0 Å². The van der Waals surface area contributed by atoms with Crippen molar-refractivity contribution in [2.45, 2.75) is 39.2 Å². The van der Waals surface area contributed by atoms with Crippen LogP contribution in [-0.4, -0.2) is 17.4 Å². The summed E-state index contributed by atoms with van der Waals surface area (Å²) in [5.74, 6) is -0.204. The van der Waals surface area contributed by atoms with Crippen LogP contribution in [0.1, 0.15) is 55.2 Å². The van der Waals surface area contributed by atoms with Gasteiger partial charge in [-0.1, -0.05) is 50.6 Å². The molecule has 1 aromatic carbocycles. The average molecular weight is 312 g/mol. The van der Waals surface area contributed by atoms with Crippen molar-refractivity contribution in [3.05, 3.63) is 71.2 Å². The minimum absolute atomic E-state index is 0.0181. The predicted molar refractivity (Wildman–Crippen MR) is 90.8 cm³/mol. The van der Waals surface area contributed by atoms with Crippen LogP contribution in [0.15, 0.2) is 54.7 Å². The van der Waals surface area contributed by atoms with E-state index in [9.17, 15) is 10.0 Å². The molecular weight excluding hydrogens is 288 g/mol. The van der Waals surface area contributed by atoms with Gasteiger partial charge < -0.3 is 10.1 Å². The van der Waals surface area contributed by atoms with Crippen molar-refractivity contribution in [1.82, 2.24) is 4.90 Å². The molecule has 0 fully saturated rings. The topological polar surface area (TPSA) is 47.2 Å². The first-order chi connectivity index (χ1) is 11.2. The molecule has 0 spiro atoms. The van der Waals surface area contributed by atoms with Crippen LogP contribution in [0, 0.1) is 5.21 Å². The summed E-state index contributed by atoms with van der Waals surface area (Å²) < 4.78 is 0.652. The van der Waals surface area contributed by atoms with Crippen LogP contribution in [0.4, 0.5) is 0 Å². The molecule has 1 aromatic heterocycles. The minimum Gasteiger partial charge on any atom is -0.618 e. The highest BCUT2D eigenvalue weighted by Crippen LogP contribution is 2.25. The van der Waals surface area contributed by atoms with Crippen molar-refractivity contribution in [3.8, 4) is 0 Å². The molecule has 1 heterocycles. The lowest BCUT2D eigenvalue weighted by molar-refractivity contribution is -0.608. The summed E-state index contributed by atoms with van der Waals surface area (Å²) in [6, 6.07) is 14.9. The summed E-state index contributed by atoms with van der Waals surface area (Å²) in [7, 11) is 0. The van der Waals surface area contributed by atoms with Gasteiger partial charge in [-0.25, -0.2) is 0 Å². The van der Waals surface area contributed by atoms with Crippen molar-refractivity contribution in [3.63, 3.8) is 0 Å². The van der Waals surface area contributed by atoms with Gasteiger partial charge in [0, 0.05) is 18.7 Å². The molecule has 1 amide bonds. The second-order valence-corrected chi connectivity index (χ2v) is 5.60. The second kappa shape index (κ2) is 8.32. The largest absolute Gasteiger partial charge is 0.618 e. The number of carbonyl (C=O) groups excluding carboxylic acids is 1. The molecule has 0 radical (unpaired) electrons. The zero-order valence-electron chi connectivity index (χ0n) is 13.8. The Balaban J connectivity index is 2.35. The summed E-state index contributed by atoms with van der Waals surface area (Å²) in [4.78, 5) is 14.8. The third-order valence-electron chi connectivity index (χ3n) is 4.00. The highest BCUT2D eigenvalue weighted by Gasteiger charge is 2.28. The Morgan fingerprint density at radius 3 is 2.43 bits per heavy atom. The molecule has 0 saturated heterocycles. The van der Waals surface area contributed by atoms with Gasteiger partial charge in [0.2, 0.25) is 0 Å². The summed E-state index contributed by atoms with van der Waals surface area (Å²) in [6.07, 6.45) is 4.10. The lowest BCUT2D eigenvalue weighted by Crippen LogP contribution is -2.43. The van der Waals surface area contributed by atoms with Crippen molar-refractivity contribution < 1.29 is 9.52 Å². The monoisotopic (exact) mass is 312 g/mol. The highest BCUT2D eigenvalue weighted by molar-refractivity contribution is 5.91. The minimum atomic E-state index is -0.204. The summed E-state index contributed by atoms with van der Waals surface area (Å²) >= 11 is 0. The van der Waals surface area contributed by atoms with Gasteiger partial charge in [0.05, 0.1) is 6.04 Å². The Labute approximate surface area is 138 Å². The first kappa shape index (κ1) is 17.0. The Kier molecular flexibility index (Phi) is 6.15. The van der Waals surface area contributed by atoms with Gasteiger partial charge in [-0.2, -0.15) is 4.73 Å². The summed E-state index contributed by atoms with van der Waals surface area (Å²) in [5.41, 5.74) is 1.28. The number of rotatable bonds is 7. The molecule has 2 aromatic rings. The Morgan fingerprint density at radius 1 is 1.13 bits per heavy atom. The molecule has 1 atom stereocenters. The van der Waals surface area contributed by atoms with Crippen LogP contribution in [0.3, 0.4) is 0 Å². The van der Waals surface area contributed by atoms with Gasteiger partial charge in [0.15, 0.2) is 6.20 Å². The number of hydrogen-bond donors (Lipinski definition) is 0. The molecule has 4 nitrogen and oxygen atoms in total. The Bertz CT molecular complexity index is 628. The molecule has 0 aliphatic carbocycles. The summed E-state index contributed by atoms with van der Waals surface area (Å²) in [6.45, 7) is 4.82. The molecular formula is C19H24N2O2. The molecule has 0 saturated carbocycles. The van der Waals surface area contributed by atoms with Crippen molar-refractivity contribution in [2.24, 2.45) is 0 Å². The van der Waals surface area contributed by atoms with Gasteiger partial charge >= 0.3 is 5.91 Å². The van der Waals surface area contributed by atoms with Crippen molar-refractivity contribution in [1.29, 1.82) is 0 Å². The molecule has 122 valence electrons. The lowest BCUT2D eigenvalue weighted by Gasteiger charge is -2.31. The zero-order valence-corrected chi connectivity index (χ0v) is 13.8. The molecule has 23 heavy (non-hydrogen) atoms. The van der Waals surface area contributed by atoms with E-state index in [1.807, 2.05) is 35.2 Å². The van der Waals surface area contributed by atoms with E-state index >= 15 is 0 Å². The fourth-order valence-corrected chi connectivity index (χ4v) is 2.78. The normalized spacial score (nSPS) is 11.9. The third-order valence-corrected chi connectivity index (χ3v) is 4.00. The van der Waals surface area contributed by atoms with Crippen LogP contribution in [-0.2, 0) is 0 Å². The second-order valence-electron chi connectivity index (χ2n) is 5.60. The van der Waals surface area contributed by atoms with E-state index in [2.05, 4.69) is 13.8 Å². The maximum atomic E-state index is 13.0. The Hall–Kier alpha value is -2.36. The third kappa shape index (κ3) is 4.09. The predicted octanol–water partition coefficient (Wildman–Crippen LogP) is 3.71. The van der Waals surface area contributed by atoms with E-state index in [4.69, 9.17) is 0 Å². The van der Waals surface area contributed by atoms with Crippen LogP contribution < -0.4 is 4.73 Å². The van der Waals surface area contributed by atoms with Gasteiger partial charge in [-0.15, -0.1) is 0 Å². The number of hydrogen-bond acceptors (Lipinski definition) is 2. The fourth-order valence-electron chi connectivity index (χ4n) is 2.78. The molecule has 0 aliphatic heterocycles. The molecule has 0 unspecified atom stereocenters. The number of benzene rings is 1. The van der Waals surface area contributed by atoms with Crippen LogP contribution in [0.25, 0.3) is 0 Å². The average Bonchev–Trinajstić information content (AvgIpc) is 2.59. The highest BCUT2D eigenvalue weighted by atomic mass is 16.5. The number of aromatic nitrogens is 1. The number of amides is 1. The van der Waals surface area contributed by atoms with Gasteiger partial charge in [0.1, 0.15) is 0 Å². The number of carbonyl (C=O) groups is 1. The van der Waals surface area contributed by atoms with Gasteiger partial charge in [0.25, 0.3) is 5.69 Å². The SMILES string of the molecule is CCCCN(C(=O)c1cccc[n+]1[O-])[C@H](CC)c1ccccc1. The van der Waals surface area contributed by atoms with E-state index < -0.39 is 0 Å². The van der Waals surface area contributed by atoms with Crippen LogP contribution >= 0.6 is 0 Å². The standard InChI is InChI=1S/C19H24N2O2/c1-3-5-14-20(17(4-2)16-11-7-6-8-12-16)19(22)18-13-9-10-15-21(18)23/h6-13,15,17H,3-5,14H2,1-2H3/t17-/m1/s1. The van der Waals surface area contributed by atoms with Crippen molar-refractivity contribution in [2.75, 3.05) is 6.54 Å². The maximum Gasteiger partial charge on any atom is 0.320 e. The van der Waals surface area contributed by atoms with E-state index in [1.165, 1.54) is 6.20 Å². The number of unbranched alkanes of at least 4 members (excludes halogenated alkanes) is 1. The van der Waals surface area contributed by atoms with E-state index in [-0.39, 0.29) is 17.6 Å². The number of nitrogens with zero attached hydrogens (tertiary/aromatic N) is 2. The smallest absolute Gasteiger partial charge is 0.320 e. The first-order valence-electron chi connectivity index (χ1n) is 8.23. The molecule has 0 aliphatic rings. The number of pyridine rings is 1. The fraction of sp³-hybridized carbons (Fsp3) is 0.368. The Morgan fingerprint density at radius 2 is 1.83 bits per heavy atom. The molecule has 0 bridgehead atoms. The molecule has 4 heteroatoms. The van der Waals surface area contributed by atoms with E-state index in [1.54, 1.807) is 18.2 Å². The quantitative estimate of drug-likeness (QED) is 0.578. The summed E-state index contributed by atoms with van der Waals surface area (Å²) in [5, 5.41) is 12.0. The molecule has 0 N–H and O–H groups in total. The lowest BCUT2D eigenvalue weighted by atomic mass is 10.0. The zero-order chi connectivity index (χ0) is 16.7. The van der Waals surface area contributed by atoms with E-state index in [0.29, 0.717) is 11.3 Å². The van der Waals surface area contributed by atoms with E-state index in [0.717, 1.165) is 24.8 Å². The van der Waals surface area contributed by atoms with Crippen LogP contribution in [0.5, 0.6) is 0 Å². The molecule has 2 rings (SSSR count).